The van der Waals surface area contributed by atoms with Crippen LogP contribution in [0.4, 0.5) is 0 Å². The molecule has 0 amide bonds. The molecule has 1 aromatic carbocycles. The first kappa shape index (κ1) is 13.3. The molecule has 1 heterocycles. The van der Waals surface area contributed by atoms with Crippen molar-refractivity contribution in [2.75, 3.05) is 20.1 Å². The van der Waals surface area contributed by atoms with Gasteiger partial charge in [-0.3, -0.25) is 10.00 Å². The van der Waals surface area contributed by atoms with Gasteiger partial charge in [-0.2, -0.15) is 10.4 Å². The maximum Gasteiger partial charge on any atom is 0.0991 e. The van der Waals surface area contributed by atoms with Crippen molar-refractivity contribution in [1.82, 2.24) is 15.1 Å². The maximum atomic E-state index is 8.80. The van der Waals surface area contributed by atoms with Crippen LogP contribution in [-0.2, 0) is 6.54 Å². The largest absolute Gasteiger partial charge is 0.329 e. The standard InChI is InChI=1S/C14H17N5/c1-19(7-6-15)10-14-13(9-17-18-14)12-4-2-11(8-16)3-5-12/h2-5,9H,6-7,10,15H2,1H3,(H,17,18). The molecular weight excluding hydrogens is 238 g/mol. The first-order valence-corrected chi connectivity index (χ1v) is 6.16. The summed E-state index contributed by atoms with van der Waals surface area (Å²) in [5.74, 6) is 0. The fourth-order valence-electron chi connectivity index (χ4n) is 1.97. The minimum atomic E-state index is 0.632. The average Bonchev–Trinajstić information content (AvgIpc) is 2.87. The van der Waals surface area contributed by atoms with Gasteiger partial charge in [0, 0.05) is 31.4 Å². The van der Waals surface area contributed by atoms with Crippen LogP contribution in [0.3, 0.4) is 0 Å². The van der Waals surface area contributed by atoms with Crippen LogP contribution in [0.15, 0.2) is 30.5 Å². The molecule has 2 rings (SSSR count). The van der Waals surface area contributed by atoms with Crippen LogP contribution < -0.4 is 5.73 Å². The molecule has 0 aliphatic rings. The normalized spacial score (nSPS) is 10.6. The summed E-state index contributed by atoms with van der Waals surface area (Å²) in [6.45, 7) is 2.21. The Morgan fingerprint density at radius 3 is 2.74 bits per heavy atom. The van der Waals surface area contributed by atoms with Gasteiger partial charge in [-0.25, -0.2) is 0 Å². The van der Waals surface area contributed by atoms with Gasteiger partial charge in [0.25, 0.3) is 0 Å². The first-order valence-electron chi connectivity index (χ1n) is 6.16. The number of nitrogens with two attached hydrogens (primary N) is 1. The summed E-state index contributed by atoms with van der Waals surface area (Å²) in [6.07, 6.45) is 1.88. The van der Waals surface area contributed by atoms with Gasteiger partial charge in [0.1, 0.15) is 0 Å². The average molecular weight is 255 g/mol. The molecule has 2 aromatic rings. The summed E-state index contributed by atoms with van der Waals surface area (Å²) in [4.78, 5) is 2.13. The Labute approximate surface area is 112 Å². The lowest BCUT2D eigenvalue weighted by molar-refractivity contribution is 0.332. The molecule has 0 aliphatic heterocycles. The van der Waals surface area contributed by atoms with Crippen LogP contribution in [0.25, 0.3) is 11.1 Å². The number of nitrogens with zero attached hydrogens (tertiary/aromatic N) is 3. The summed E-state index contributed by atoms with van der Waals surface area (Å²) >= 11 is 0. The van der Waals surface area contributed by atoms with E-state index in [0.717, 1.165) is 29.9 Å². The molecule has 0 spiro atoms. The third-order valence-corrected chi connectivity index (χ3v) is 2.97. The van der Waals surface area contributed by atoms with Gasteiger partial charge in [-0.1, -0.05) is 12.1 Å². The summed E-state index contributed by atoms with van der Waals surface area (Å²) in [5.41, 5.74) is 9.31. The Morgan fingerprint density at radius 1 is 1.37 bits per heavy atom. The van der Waals surface area contributed by atoms with Crippen LogP contribution in [0.5, 0.6) is 0 Å². The van der Waals surface area contributed by atoms with E-state index in [1.165, 1.54) is 0 Å². The van der Waals surface area contributed by atoms with E-state index in [4.69, 9.17) is 11.0 Å². The SMILES string of the molecule is CN(CCN)Cc1n[nH]cc1-c1ccc(C#N)cc1. The number of hydrogen-bond donors (Lipinski definition) is 2. The molecule has 0 saturated carbocycles. The van der Waals surface area contributed by atoms with Crippen LogP contribution in [0, 0.1) is 11.3 Å². The smallest absolute Gasteiger partial charge is 0.0991 e. The van der Waals surface area contributed by atoms with Crippen molar-refractivity contribution in [3.8, 4) is 17.2 Å². The first-order chi connectivity index (χ1) is 9.24. The lowest BCUT2D eigenvalue weighted by atomic mass is 10.0. The van der Waals surface area contributed by atoms with Gasteiger partial charge in [0.2, 0.25) is 0 Å². The van der Waals surface area contributed by atoms with Crippen LogP contribution in [0.2, 0.25) is 0 Å². The number of aromatic amines is 1. The molecule has 5 nitrogen and oxygen atoms in total. The van der Waals surface area contributed by atoms with Crippen molar-refractivity contribution >= 4 is 0 Å². The van der Waals surface area contributed by atoms with Crippen LogP contribution in [0.1, 0.15) is 11.3 Å². The topological polar surface area (TPSA) is 81.7 Å². The van der Waals surface area contributed by atoms with Gasteiger partial charge in [0.05, 0.1) is 17.3 Å². The lowest BCUT2D eigenvalue weighted by Gasteiger charge is -2.14. The van der Waals surface area contributed by atoms with Crippen molar-refractivity contribution < 1.29 is 0 Å². The number of nitrogens with one attached hydrogen (secondary N) is 1. The second-order valence-electron chi connectivity index (χ2n) is 4.46. The Balaban J connectivity index is 2.21. The number of benzene rings is 1. The molecular formula is C14H17N5. The highest BCUT2D eigenvalue weighted by Crippen LogP contribution is 2.23. The molecule has 0 fully saturated rings. The van der Waals surface area contributed by atoms with E-state index in [-0.39, 0.29) is 0 Å². The highest BCUT2D eigenvalue weighted by Gasteiger charge is 2.10. The molecule has 0 aliphatic carbocycles. The second-order valence-corrected chi connectivity index (χ2v) is 4.46. The molecule has 19 heavy (non-hydrogen) atoms. The quantitative estimate of drug-likeness (QED) is 0.844. The summed E-state index contributed by atoms with van der Waals surface area (Å²) < 4.78 is 0. The van der Waals surface area contributed by atoms with Crippen molar-refractivity contribution in [2.45, 2.75) is 6.54 Å². The zero-order valence-corrected chi connectivity index (χ0v) is 10.9. The van der Waals surface area contributed by atoms with Crippen LogP contribution >= 0.6 is 0 Å². The van der Waals surface area contributed by atoms with E-state index in [1.807, 2.05) is 37.5 Å². The monoisotopic (exact) mass is 255 g/mol. The number of rotatable bonds is 5. The predicted molar refractivity (Wildman–Crippen MR) is 74.1 cm³/mol. The van der Waals surface area contributed by atoms with Crippen molar-refractivity contribution in [1.29, 1.82) is 5.26 Å². The van der Waals surface area contributed by atoms with E-state index < -0.39 is 0 Å². The minimum Gasteiger partial charge on any atom is -0.329 e. The van der Waals surface area contributed by atoms with Crippen molar-refractivity contribution in [3.63, 3.8) is 0 Å². The summed E-state index contributed by atoms with van der Waals surface area (Å²) in [6, 6.07) is 9.63. The molecule has 0 radical (unpaired) electrons. The van der Waals surface area contributed by atoms with Gasteiger partial charge >= 0.3 is 0 Å². The van der Waals surface area contributed by atoms with E-state index in [2.05, 4.69) is 21.2 Å². The minimum absolute atomic E-state index is 0.632. The third kappa shape index (κ3) is 3.19. The second kappa shape index (κ2) is 6.14. The fraction of sp³-hybridized carbons (Fsp3) is 0.286. The van der Waals surface area contributed by atoms with Gasteiger partial charge in [0.15, 0.2) is 0 Å². The molecule has 0 atom stereocenters. The highest BCUT2D eigenvalue weighted by molar-refractivity contribution is 5.65. The Bertz CT molecular complexity index is 564. The lowest BCUT2D eigenvalue weighted by Crippen LogP contribution is -2.25. The van der Waals surface area contributed by atoms with Gasteiger partial charge in [-0.05, 0) is 24.7 Å². The zero-order valence-electron chi connectivity index (χ0n) is 10.9. The molecule has 5 heteroatoms. The van der Waals surface area contributed by atoms with E-state index in [0.29, 0.717) is 12.1 Å². The van der Waals surface area contributed by atoms with E-state index >= 15 is 0 Å². The Hall–Kier alpha value is -2.16. The van der Waals surface area contributed by atoms with Gasteiger partial charge < -0.3 is 5.73 Å². The third-order valence-electron chi connectivity index (χ3n) is 2.97. The van der Waals surface area contributed by atoms with Crippen LogP contribution in [-0.4, -0.2) is 35.2 Å². The zero-order chi connectivity index (χ0) is 13.7. The molecule has 0 bridgehead atoms. The number of H-pyrrole nitrogens is 1. The number of hydrogen-bond acceptors (Lipinski definition) is 4. The van der Waals surface area contributed by atoms with Gasteiger partial charge in [-0.15, -0.1) is 0 Å². The highest BCUT2D eigenvalue weighted by atomic mass is 15.2. The number of nitriles is 1. The molecule has 3 N–H and O–H groups in total. The molecule has 0 unspecified atom stereocenters. The molecule has 0 saturated heterocycles. The number of aromatic nitrogens is 2. The fourth-order valence-corrected chi connectivity index (χ4v) is 1.97. The maximum absolute atomic E-state index is 8.80. The van der Waals surface area contributed by atoms with E-state index in [9.17, 15) is 0 Å². The Kier molecular flexibility index (Phi) is 4.29. The summed E-state index contributed by atoms with van der Waals surface area (Å²) in [7, 11) is 2.02. The summed E-state index contributed by atoms with van der Waals surface area (Å²) in [5, 5.41) is 16.0. The molecule has 98 valence electrons. The van der Waals surface area contributed by atoms with Crippen molar-refractivity contribution in [2.24, 2.45) is 5.73 Å². The van der Waals surface area contributed by atoms with Crippen molar-refractivity contribution in [3.05, 3.63) is 41.7 Å². The number of likely N-dealkylation sites (N-methyl/N-ethyl adjacent to an activating group) is 1. The predicted octanol–water partition coefficient (Wildman–Crippen LogP) is 1.34. The van der Waals surface area contributed by atoms with E-state index in [1.54, 1.807) is 0 Å². The Morgan fingerprint density at radius 2 is 2.11 bits per heavy atom. The molecule has 1 aromatic heterocycles.